The van der Waals surface area contributed by atoms with Crippen molar-refractivity contribution < 1.29 is 13.2 Å². The second-order valence-corrected chi connectivity index (χ2v) is 4.27. The Balaban J connectivity index is 1.85. The van der Waals surface area contributed by atoms with Crippen LogP contribution in [0.2, 0.25) is 0 Å². The Kier molecular flexibility index (Phi) is 4.00. The minimum absolute atomic E-state index is 0.0304. The van der Waals surface area contributed by atoms with Gasteiger partial charge in [0.2, 0.25) is 5.95 Å². The number of nitrogens with one attached hydrogen (secondary N) is 2. The van der Waals surface area contributed by atoms with Gasteiger partial charge >= 0.3 is 6.18 Å². The monoisotopic (exact) mass is 260 g/mol. The van der Waals surface area contributed by atoms with Crippen LogP contribution in [-0.2, 0) is 6.18 Å². The molecular formula is C11H15F3N4. The van der Waals surface area contributed by atoms with E-state index in [0.717, 1.165) is 38.1 Å². The van der Waals surface area contributed by atoms with Crippen molar-refractivity contribution in [3.63, 3.8) is 0 Å². The van der Waals surface area contributed by atoms with Gasteiger partial charge in [0, 0.05) is 18.8 Å². The molecule has 0 aromatic carbocycles. The summed E-state index contributed by atoms with van der Waals surface area (Å²) in [5.74, 6) is 0.0304. The van der Waals surface area contributed by atoms with Crippen molar-refractivity contribution in [3.8, 4) is 0 Å². The molecule has 1 saturated heterocycles. The Hall–Kier alpha value is -1.37. The lowest BCUT2D eigenvalue weighted by atomic mass is 10.1. The number of rotatable bonds is 4. The van der Waals surface area contributed by atoms with Crippen molar-refractivity contribution in [1.82, 2.24) is 15.3 Å². The van der Waals surface area contributed by atoms with Crippen molar-refractivity contribution in [2.45, 2.75) is 31.5 Å². The summed E-state index contributed by atoms with van der Waals surface area (Å²) in [7, 11) is 0. The van der Waals surface area contributed by atoms with Gasteiger partial charge in [-0.1, -0.05) is 0 Å². The lowest BCUT2D eigenvalue weighted by molar-refractivity contribution is -0.141. The van der Waals surface area contributed by atoms with E-state index in [9.17, 15) is 13.2 Å². The van der Waals surface area contributed by atoms with Gasteiger partial charge in [0.1, 0.15) is 5.69 Å². The maximum atomic E-state index is 12.4. The maximum absolute atomic E-state index is 12.4. The van der Waals surface area contributed by atoms with Crippen molar-refractivity contribution in [1.29, 1.82) is 0 Å². The molecule has 0 radical (unpaired) electrons. The first kappa shape index (κ1) is 13.1. The summed E-state index contributed by atoms with van der Waals surface area (Å²) in [5.41, 5.74) is -0.918. The Morgan fingerprint density at radius 1 is 1.44 bits per heavy atom. The van der Waals surface area contributed by atoms with Gasteiger partial charge in [-0.05, 0) is 31.9 Å². The van der Waals surface area contributed by atoms with E-state index in [0.29, 0.717) is 12.6 Å². The van der Waals surface area contributed by atoms with Gasteiger partial charge in [-0.3, -0.25) is 0 Å². The molecule has 1 aliphatic heterocycles. The van der Waals surface area contributed by atoms with E-state index in [4.69, 9.17) is 0 Å². The molecule has 100 valence electrons. The van der Waals surface area contributed by atoms with Crippen LogP contribution < -0.4 is 10.6 Å². The van der Waals surface area contributed by atoms with E-state index in [-0.39, 0.29) is 5.95 Å². The average molecular weight is 260 g/mol. The van der Waals surface area contributed by atoms with Crippen LogP contribution in [0.4, 0.5) is 19.1 Å². The molecule has 2 heterocycles. The Morgan fingerprint density at radius 2 is 2.28 bits per heavy atom. The molecule has 0 spiro atoms. The van der Waals surface area contributed by atoms with Gasteiger partial charge < -0.3 is 10.6 Å². The van der Waals surface area contributed by atoms with E-state index >= 15 is 0 Å². The minimum atomic E-state index is -4.42. The molecule has 7 heteroatoms. The maximum Gasteiger partial charge on any atom is 0.433 e. The fraction of sp³-hybridized carbons (Fsp3) is 0.636. The second kappa shape index (κ2) is 5.51. The van der Waals surface area contributed by atoms with Crippen LogP contribution in [0.15, 0.2) is 12.3 Å². The molecule has 0 aliphatic carbocycles. The van der Waals surface area contributed by atoms with Crippen molar-refractivity contribution in [2.75, 3.05) is 18.4 Å². The number of aromatic nitrogens is 2. The molecule has 18 heavy (non-hydrogen) atoms. The van der Waals surface area contributed by atoms with Gasteiger partial charge in [0.25, 0.3) is 0 Å². The molecular weight excluding hydrogens is 245 g/mol. The zero-order valence-corrected chi connectivity index (χ0v) is 9.80. The molecule has 2 N–H and O–H groups in total. The van der Waals surface area contributed by atoms with Crippen molar-refractivity contribution in [2.24, 2.45) is 0 Å². The summed E-state index contributed by atoms with van der Waals surface area (Å²) in [6, 6.07) is 1.31. The molecule has 0 amide bonds. The highest BCUT2D eigenvalue weighted by Gasteiger charge is 2.32. The standard InChI is InChI=1S/C11H15F3N4/c12-11(13,14)9-4-7-17-10(18-9)16-6-3-8-2-1-5-15-8/h4,7-8,15H,1-3,5-6H2,(H,16,17,18). The normalized spacial score (nSPS) is 20.1. The van der Waals surface area contributed by atoms with Crippen LogP contribution in [0.3, 0.4) is 0 Å². The van der Waals surface area contributed by atoms with Gasteiger partial charge in [0.15, 0.2) is 0 Å². The van der Waals surface area contributed by atoms with E-state index in [1.165, 1.54) is 0 Å². The topological polar surface area (TPSA) is 49.8 Å². The van der Waals surface area contributed by atoms with Crippen molar-refractivity contribution >= 4 is 5.95 Å². The molecule has 2 rings (SSSR count). The van der Waals surface area contributed by atoms with Crippen LogP contribution in [0, 0.1) is 0 Å². The first-order chi connectivity index (χ1) is 8.55. The van der Waals surface area contributed by atoms with E-state index in [2.05, 4.69) is 20.6 Å². The predicted octanol–water partition coefficient (Wildman–Crippen LogP) is 2.05. The van der Waals surface area contributed by atoms with Gasteiger partial charge in [-0.15, -0.1) is 0 Å². The highest BCUT2D eigenvalue weighted by atomic mass is 19.4. The van der Waals surface area contributed by atoms with Gasteiger partial charge in [-0.25, -0.2) is 9.97 Å². The molecule has 4 nitrogen and oxygen atoms in total. The fourth-order valence-electron chi connectivity index (χ4n) is 1.96. The summed E-state index contributed by atoms with van der Waals surface area (Å²) in [6.45, 7) is 1.59. The molecule has 1 aliphatic rings. The number of alkyl halides is 3. The van der Waals surface area contributed by atoms with Crippen LogP contribution in [0.1, 0.15) is 25.0 Å². The minimum Gasteiger partial charge on any atom is -0.354 e. The average Bonchev–Trinajstić information content (AvgIpc) is 2.81. The molecule has 1 aromatic rings. The third-order valence-corrected chi connectivity index (χ3v) is 2.88. The molecule has 1 unspecified atom stereocenters. The van der Waals surface area contributed by atoms with E-state index in [1.807, 2.05) is 0 Å². The summed E-state index contributed by atoms with van der Waals surface area (Å²) in [4.78, 5) is 7.21. The SMILES string of the molecule is FC(F)(F)c1ccnc(NCCC2CCCN2)n1. The quantitative estimate of drug-likeness (QED) is 0.870. The first-order valence-corrected chi connectivity index (χ1v) is 5.93. The highest BCUT2D eigenvalue weighted by molar-refractivity contribution is 5.25. The molecule has 0 bridgehead atoms. The predicted molar refractivity (Wildman–Crippen MR) is 61.2 cm³/mol. The van der Waals surface area contributed by atoms with Gasteiger partial charge in [0.05, 0.1) is 0 Å². The lowest BCUT2D eigenvalue weighted by Crippen LogP contribution is -2.24. The zero-order valence-electron chi connectivity index (χ0n) is 9.80. The third kappa shape index (κ3) is 3.56. The second-order valence-electron chi connectivity index (χ2n) is 4.27. The smallest absolute Gasteiger partial charge is 0.354 e. The number of halogens is 3. The number of hydrogen-bond donors (Lipinski definition) is 2. The Labute approximate surface area is 103 Å². The number of hydrogen-bond acceptors (Lipinski definition) is 4. The largest absolute Gasteiger partial charge is 0.433 e. The van der Waals surface area contributed by atoms with Crippen LogP contribution in [-0.4, -0.2) is 29.1 Å². The summed E-state index contributed by atoms with van der Waals surface area (Å²) >= 11 is 0. The van der Waals surface area contributed by atoms with Crippen molar-refractivity contribution in [3.05, 3.63) is 18.0 Å². The third-order valence-electron chi connectivity index (χ3n) is 2.88. The number of anilines is 1. The van der Waals surface area contributed by atoms with E-state index < -0.39 is 11.9 Å². The molecule has 1 aromatic heterocycles. The van der Waals surface area contributed by atoms with Crippen LogP contribution in [0.5, 0.6) is 0 Å². The first-order valence-electron chi connectivity index (χ1n) is 5.93. The Bertz CT molecular complexity index is 388. The molecule has 0 saturated carbocycles. The summed E-state index contributed by atoms with van der Waals surface area (Å²) in [5, 5.41) is 6.14. The van der Waals surface area contributed by atoms with Gasteiger partial charge in [-0.2, -0.15) is 13.2 Å². The zero-order chi connectivity index (χ0) is 13.0. The highest BCUT2D eigenvalue weighted by Crippen LogP contribution is 2.27. The molecule has 1 atom stereocenters. The van der Waals surface area contributed by atoms with Crippen LogP contribution >= 0.6 is 0 Å². The Morgan fingerprint density at radius 3 is 2.94 bits per heavy atom. The van der Waals surface area contributed by atoms with Crippen LogP contribution in [0.25, 0.3) is 0 Å². The summed E-state index contributed by atoms with van der Waals surface area (Å²) in [6.07, 6.45) is -0.173. The number of nitrogens with zero attached hydrogens (tertiary/aromatic N) is 2. The fourth-order valence-corrected chi connectivity index (χ4v) is 1.96. The molecule has 1 fully saturated rings. The lowest BCUT2D eigenvalue weighted by Gasteiger charge is -2.11. The van der Waals surface area contributed by atoms with E-state index in [1.54, 1.807) is 0 Å². The summed E-state index contributed by atoms with van der Waals surface area (Å²) < 4.78 is 37.2.